The van der Waals surface area contributed by atoms with Crippen LogP contribution in [0.1, 0.15) is 47.6 Å². The number of benzene rings is 1. The van der Waals surface area contributed by atoms with Crippen LogP contribution in [0.5, 0.6) is 5.75 Å². The monoisotopic (exact) mass is 489 g/mol. The number of nitrogens with zero attached hydrogens (tertiary/aromatic N) is 5. The van der Waals surface area contributed by atoms with Crippen LogP contribution in [-0.2, 0) is 6.18 Å². The average Bonchev–Trinajstić information content (AvgIpc) is 3.48. The van der Waals surface area contributed by atoms with E-state index in [1.165, 1.54) is 13.2 Å². The van der Waals surface area contributed by atoms with E-state index < -0.39 is 23.9 Å². The topological polar surface area (TPSA) is 83.2 Å². The molecule has 2 saturated heterocycles. The van der Waals surface area contributed by atoms with Crippen molar-refractivity contribution in [2.24, 2.45) is 0 Å². The molecule has 4 heterocycles. The molecular weight excluding hydrogens is 463 g/mol. The molecule has 2 unspecified atom stereocenters. The molecule has 0 aliphatic carbocycles. The van der Waals surface area contributed by atoms with E-state index >= 15 is 0 Å². The number of aliphatic hydroxyl groups excluding tert-OH is 1. The van der Waals surface area contributed by atoms with Gasteiger partial charge in [-0.15, -0.1) is 0 Å². The zero-order valence-corrected chi connectivity index (χ0v) is 19.4. The number of carbonyl (C=O) groups is 1. The Labute approximate surface area is 199 Å². The zero-order valence-electron chi connectivity index (χ0n) is 19.4. The lowest BCUT2D eigenvalue weighted by atomic mass is 10.0. The fraction of sp³-hybridized carbons (Fsp3) is 0.458. The maximum Gasteiger partial charge on any atom is 0.433 e. The van der Waals surface area contributed by atoms with Gasteiger partial charge in [0.2, 0.25) is 0 Å². The Hall–Kier alpha value is -3.18. The summed E-state index contributed by atoms with van der Waals surface area (Å²) in [5.41, 5.74) is -0.325. The molecule has 2 aliphatic rings. The molecule has 1 aromatic carbocycles. The van der Waals surface area contributed by atoms with E-state index in [0.717, 1.165) is 32.0 Å². The molecule has 3 aromatic rings. The minimum Gasteiger partial charge on any atom is -0.496 e. The first-order valence-corrected chi connectivity index (χ1v) is 11.5. The van der Waals surface area contributed by atoms with E-state index in [2.05, 4.69) is 15.0 Å². The lowest BCUT2D eigenvalue weighted by Crippen LogP contribution is -2.52. The van der Waals surface area contributed by atoms with Crippen LogP contribution < -0.4 is 4.74 Å². The van der Waals surface area contributed by atoms with E-state index in [0.29, 0.717) is 40.5 Å². The van der Waals surface area contributed by atoms with E-state index in [4.69, 9.17) is 4.74 Å². The summed E-state index contributed by atoms with van der Waals surface area (Å²) in [4.78, 5) is 21.5. The molecule has 11 heteroatoms. The first-order chi connectivity index (χ1) is 16.7. The molecule has 5 rings (SSSR count). The molecule has 2 aliphatic heterocycles. The van der Waals surface area contributed by atoms with Gasteiger partial charge >= 0.3 is 6.18 Å². The minimum absolute atomic E-state index is 0.0489. The summed E-state index contributed by atoms with van der Waals surface area (Å²) in [5, 5.41) is 14.1. The molecule has 0 bridgehead atoms. The van der Waals surface area contributed by atoms with Crippen molar-refractivity contribution in [2.75, 3.05) is 33.3 Å². The smallest absolute Gasteiger partial charge is 0.433 e. The highest BCUT2D eigenvalue weighted by Crippen LogP contribution is 2.35. The van der Waals surface area contributed by atoms with Gasteiger partial charge in [-0.05, 0) is 50.6 Å². The van der Waals surface area contributed by atoms with Gasteiger partial charge in [-0.1, -0.05) is 0 Å². The number of rotatable bonds is 4. The number of aliphatic hydroxyl groups is 1. The standard InChI is InChI=1S/C24H26F3N5O3/c1-14(33)17-10-15(5-6-20(17)35-2)18-11-21(24(25,26)27)32-22(28-18)12-19(29-32)23(34)31-9-8-30-7-3-4-16(30)13-31/h5-6,10-12,14,16,33H,3-4,7-9,13H2,1-2H3. The fourth-order valence-corrected chi connectivity index (χ4v) is 4.99. The SMILES string of the molecule is COc1ccc(-c2cc(C(F)(F)F)n3nc(C(=O)N4CCN5CCCC5C4)cc3n2)cc1C(C)O. The third-order valence-electron chi connectivity index (χ3n) is 6.79. The molecular formula is C24H26F3N5O3. The Morgan fingerprint density at radius 2 is 2.00 bits per heavy atom. The van der Waals surface area contributed by atoms with Crippen molar-refractivity contribution in [2.45, 2.75) is 38.1 Å². The molecule has 8 nitrogen and oxygen atoms in total. The second kappa shape index (κ2) is 8.80. The van der Waals surface area contributed by atoms with Crippen molar-refractivity contribution in [1.29, 1.82) is 0 Å². The van der Waals surface area contributed by atoms with Gasteiger partial charge in [-0.25, -0.2) is 9.50 Å². The predicted molar refractivity (Wildman–Crippen MR) is 121 cm³/mol. The van der Waals surface area contributed by atoms with Crippen molar-refractivity contribution in [3.63, 3.8) is 0 Å². The number of fused-ring (bicyclic) bond motifs is 2. The van der Waals surface area contributed by atoms with E-state index in [-0.39, 0.29) is 17.0 Å². The fourth-order valence-electron chi connectivity index (χ4n) is 4.99. The van der Waals surface area contributed by atoms with Crippen LogP contribution in [0.2, 0.25) is 0 Å². The second-order valence-electron chi connectivity index (χ2n) is 9.04. The predicted octanol–water partition coefficient (Wildman–Crippen LogP) is 3.40. The maximum absolute atomic E-state index is 14.0. The number of halogens is 3. The summed E-state index contributed by atoms with van der Waals surface area (Å²) in [5.74, 6) is 0.0260. The number of piperazine rings is 1. The van der Waals surface area contributed by atoms with E-state index in [9.17, 15) is 23.1 Å². The van der Waals surface area contributed by atoms with Crippen LogP contribution in [-0.4, -0.2) is 74.7 Å². The summed E-state index contributed by atoms with van der Waals surface area (Å²) in [7, 11) is 1.45. The Morgan fingerprint density at radius 1 is 1.20 bits per heavy atom. The van der Waals surface area contributed by atoms with Gasteiger partial charge in [0.05, 0.1) is 18.9 Å². The molecule has 2 fully saturated rings. The Bertz CT molecular complexity index is 1270. The van der Waals surface area contributed by atoms with E-state index in [1.807, 2.05) is 0 Å². The largest absolute Gasteiger partial charge is 0.496 e. The van der Waals surface area contributed by atoms with Crippen LogP contribution in [0.4, 0.5) is 13.2 Å². The van der Waals surface area contributed by atoms with Crippen molar-refractivity contribution in [3.8, 4) is 17.0 Å². The first kappa shape index (κ1) is 23.6. The third kappa shape index (κ3) is 4.34. The van der Waals surface area contributed by atoms with Crippen molar-refractivity contribution in [3.05, 3.63) is 47.3 Å². The number of carbonyl (C=O) groups excluding carboxylic acids is 1. The van der Waals surface area contributed by atoms with Crippen LogP contribution in [0.3, 0.4) is 0 Å². The van der Waals surface area contributed by atoms with Gasteiger partial charge in [-0.2, -0.15) is 18.3 Å². The van der Waals surface area contributed by atoms with Gasteiger partial charge in [0, 0.05) is 42.9 Å². The van der Waals surface area contributed by atoms with Gasteiger partial charge < -0.3 is 14.7 Å². The number of hydrogen-bond acceptors (Lipinski definition) is 6. The average molecular weight is 489 g/mol. The highest BCUT2D eigenvalue weighted by molar-refractivity contribution is 5.93. The molecule has 186 valence electrons. The molecule has 2 atom stereocenters. The van der Waals surface area contributed by atoms with Crippen molar-refractivity contribution < 1.29 is 27.8 Å². The Kier molecular flexibility index (Phi) is 5.92. The zero-order chi connectivity index (χ0) is 24.9. The van der Waals surface area contributed by atoms with Crippen LogP contribution >= 0.6 is 0 Å². The van der Waals surface area contributed by atoms with Gasteiger partial charge in [0.15, 0.2) is 17.0 Å². The summed E-state index contributed by atoms with van der Waals surface area (Å²) in [6, 6.07) is 7.20. The highest BCUT2D eigenvalue weighted by Gasteiger charge is 2.37. The number of aromatic nitrogens is 3. The van der Waals surface area contributed by atoms with E-state index in [1.54, 1.807) is 30.0 Å². The number of ether oxygens (including phenoxy) is 1. The summed E-state index contributed by atoms with van der Waals surface area (Å²) in [6.45, 7) is 4.38. The summed E-state index contributed by atoms with van der Waals surface area (Å²) < 4.78 is 47.9. The number of amides is 1. The van der Waals surface area contributed by atoms with Gasteiger partial charge in [0.25, 0.3) is 5.91 Å². The highest BCUT2D eigenvalue weighted by atomic mass is 19.4. The maximum atomic E-state index is 14.0. The molecule has 0 saturated carbocycles. The number of methoxy groups -OCH3 is 1. The number of alkyl halides is 3. The minimum atomic E-state index is -4.72. The Morgan fingerprint density at radius 3 is 2.71 bits per heavy atom. The third-order valence-corrected chi connectivity index (χ3v) is 6.79. The molecule has 0 spiro atoms. The van der Waals surface area contributed by atoms with Gasteiger partial charge in [0.1, 0.15) is 5.75 Å². The van der Waals surface area contributed by atoms with Crippen molar-refractivity contribution >= 4 is 11.6 Å². The summed E-state index contributed by atoms with van der Waals surface area (Å²) >= 11 is 0. The quantitative estimate of drug-likeness (QED) is 0.605. The van der Waals surface area contributed by atoms with Crippen LogP contribution in [0.25, 0.3) is 16.9 Å². The normalized spacial score (nSPS) is 19.7. The molecule has 1 amide bonds. The number of hydrogen-bond donors (Lipinski definition) is 1. The molecule has 1 N–H and O–H groups in total. The summed E-state index contributed by atoms with van der Waals surface area (Å²) in [6.07, 6.45) is -3.52. The van der Waals surface area contributed by atoms with Gasteiger partial charge in [-0.3, -0.25) is 9.69 Å². The second-order valence-corrected chi connectivity index (χ2v) is 9.04. The van der Waals surface area contributed by atoms with Crippen molar-refractivity contribution in [1.82, 2.24) is 24.4 Å². The van der Waals surface area contributed by atoms with Crippen LogP contribution in [0.15, 0.2) is 30.3 Å². The first-order valence-electron chi connectivity index (χ1n) is 11.5. The lowest BCUT2D eigenvalue weighted by molar-refractivity contribution is -0.142. The molecule has 0 radical (unpaired) electrons. The molecule has 35 heavy (non-hydrogen) atoms. The molecule has 2 aromatic heterocycles. The van der Waals surface area contributed by atoms with Crippen LogP contribution in [0, 0.1) is 0 Å². The Balaban J connectivity index is 1.55. The lowest BCUT2D eigenvalue weighted by Gasteiger charge is -2.37.